The van der Waals surface area contributed by atoms with Gasteiger partial charge in [0.05, 0.1) is 6.20 Å². The monoisotopic (exact) mass is 235 g/mol. The molecule has 18 heavy (non-hydrogen) atoms. The van der Waals surface area contributed by atoms with Crippen LogP contribution in [0, 0.1) is 6.92 Å². The summed E-state index contributed by atoms with van der Waals surface area (Å²) < 4.78 is 2.29. The van der Waals surface area contributed by atoms with Crippen LogP contribution in [0.4, 0.5) is 5.69 Å². The van der Waals surface area contributed by atoms with E-state index in [1.165, 1.54) is 27.8 Å². The summed E-state index contributed by atoms with van der Waals surface area (Å²) in [5, 5.41) is 1.30. The summed E-state index contributed by atoms with van der Waals surface area (Å²) >= 11 is 0. The molecule has 1 aromatic heterocycles. The van der Waals surface area contributed by atoms with Gasteiger partial charge in [0.2, 0.25) is 5.52 Å². The van der Waals surface area contributed by atoms with Crippen molar-refractivity contribution in [2.24, 2.45) is 0 Å². The van der Waals surface area contributed by atoms with Crippen molar-refractivity contribution >= 4 is 28.9 Å². The second kappa shape index (κ2) is 3.22. The average molecular weight is 235 g/mol. The Morgan fingerprint density at radius 2 is 2.00 bits per heavy atom. The topological polar surface area (TPSA) is 7.12 Å². The molecule has 1 unspecified atom stereocenters. The van der Waals surface area contributed by atoms with Gasteiger partial charge in [-0.15, -0.1) is 0 Å². The van der Waals surface area contributed by atoms with Gasteiger partial charge < -0.3 is 4.90 Å². The Morgan fingerprint density at radius 3 is 2.89 bits per heavy atom. The molecule has 1 aromatic carbocycles. The summed E-state index contributed by atoms with van der Waals surface area (Å²) in [4.78, 5) is 2.36. The van der Waals surface area contributed by atoms with Crippen LogP contribution in [0.5, 0.6) is 0 Å². The highest BCUT2D eigenvalue weighted by atomic mass is 15.2. The minimum atomic E-state index is 0.425. The van der Waals surface area contributed by atoms with E-state index in [4.69, 9.17) is 0 Å². The van der Waals surface area contributed by atoms with Crippen molar-refractivity contribution < 1.29 is 4.57 Å². The van der Waals surface area contributed by atoms with Gasteiger partial charge in [-0.05, 0) is 19.1 Å². The standard InChI is InChI=1S/C16H15N2/c1-11-3-5-13-7-8-14-6-4-12(2)18-10-9-17(11)15(13)16(14)18/h3-11H,1-2H3/q+1. The first-order valence-electron chi connectivity index (χ1n) is 6.38. The fourth-order valence-electron chi connectivity index (χ4n) is 2.95. The Balaban J connectivity index is 2.22. The molecule has 1 atom stereocenters. The molecule has 0 amide bonds. The molecular formula is C16H15N2+. The van der Waals surface area contributed by atoms with E-state index in [1.807, 2.05) is 0 Å². The molecule has 0 N–H and O–H groups in total. The molecule has 0 spiro atoms. The van der Waals surface area contributed by atoms with Gasteiger partial charge >= 0.3 is 0 Å². The van der Waals surface area contributed by atoms with E-state index < -0.39 is 0 Å². The molecule has 0 bridgehead atoms. The maximum atomic E-state index is 2.36. The van der Waals surface area contributed by atoms with Gasteiger partial charge in [0, 0.05) is 30.0 Å². The van der Waals surface area contributed by atoms with Crippen molar-refractivity contribution in [1.82, 2.24) is 0 Å². The quantitative estimate of drug-likeness (QED) is 0.636. The average Bonchev–Trinajstić information content (AvgIpc) is 2.40. The summed E-state index contributed by atoms with van der Waals surface area (Å²) in [7, 11) is 0. The van der Waals surface area contributed by atoms with Crippen molar-refractivity contribution in [1.29, 1.82) is 0 Å². The summed E-state index contributed by atoms with van der Waals surface area (Å²) in [5.74, 6) is 0. The third-order valence-corrected chi connectivity index (χ3v) is 3.97. The van der Waals surface area contributed by atoms with Crippen LogP contribution >= 0.6 is 0 Å². The van der Waals surface area contributed by atoms with Gasteiger partial charge in [-0.2, -0.15) is 4.57 Å². The number of anilines is 1. The first kappa shape index (κ1) is 9.89. The molecule has 2 aromatic rings. The fourth-order valence-corrected chi connectivity index (χ4v) is 2.95. The lowest BCUT2D eigenvalue weighted by Gasteiger charge is -2.31. The van der Waals surface area contributed by atoms with Crippen molar-refractivity contribution in [2.75, 3.05) is 4.90 Å². The summed E-state index contributed by atoms with van der Waals surface area (Å²) in [6.07, 6.45) is 8.85. The molecule has 0 saturated heterocycles. The number of benzene rings is 1. The van der Waals surface area contributed by atoms with E-state index in [0.717, 1.165) is 0 Å². The normalized spacial score (nSPS) is 19.7. The second-order valence-electron chi connectivity index (χ2n) is 5.09. The van der Waals surface area contributed by atoms with Gasteiger partial charge in [-0.3, -0.25) is 0 Å². The molecule has 88 valence electrons. The van der Waals surface area contributed by atoms with Crippen molar-refractivity contribution in [3.63, 3.8) is 0 Å². The van der Waals surface area contributed by atoms with Crippen molar-refractivity contribution in [3.8, 4) is 0 Å². The van der Waals surface area contributed by atoms with Crippen LogP contribution in [-0.4, -0.2) is 6.04 Å². The maximum Gasteiger partial charge on any atom is 0.242 e. The van der Waals surface area contributed by atoms with E-state index in [0.29, 0.717) is 6.04 Å². The highest BCUT2D eigenvalue weighted by molar-refractivity contribution is 5.96. The van der Waals surface area contributed by atoms with E-state index in [9.17, 15) is 0 Å². The SMILES string of the molecule is Cc1ccc2ccc3c4c2[n+]1C=CN4C(C)C=C3. The number of aromatic nitrogens is 1. The van der Waals surface area contributed by atoms with Crippen molar-refractivity contribution in [3.05, 3.63) is 47.8 Å². The fraction of sp³-hybridized carbons (Fsp3) is 0.188. The highest BCUT2D eigenvalue weighted by Crippen LogP contribution is 2.36. The smallest absolute Gasteiger partial charge is 0.242 e. The zero-order valence-corrected chi connectivity index (χ0v) is 10.6. The van der Waals surface area contributed by atoms with Crippen LogP contribution in [0.15, 0.2) is 36.5 Å². The molecule has 0 saturated carbocycles. The van der Waals surface area contributed by atoms with Crippen LogP contribution in [0.1, 0.15) is 18.2 Å². The number of nitrogens with zero attached hydrogens (tertiary/aromatic N) is 2. The minimum Gasteiger partial charge on any atom is -0.330 e. The molecule has 2 aliphatic rings. The van der Waals surface area contributed by atoms with Gasteiger partial charge in [0.25, 0.3) is 0 Å². The van der Waals surface area contributed by atoms with Crippen LogP contribution in [0.2, 0.25) is 0 Å². The Hall–Kier alpha value is -2.09. The predicted molar refractivity (Wildman–Crippen MR) is 75.2 cm³/mol. The molecule has 3 heterocycles. The predicted octanol–water partition coefficient (Wildman–Crippen LogP) is 3.10. The third-order valence-electron chi connectivity index (χ3n) is 3.97. The summed E-state index contributed by atoms with van der Waals surface area (Å²) in [5.41, 5.74) is 5.25. The van der Waals surface area contributed by atoms with Gasteiger partial charge in [-0.1, -0.05) is 18.2 Å². The lowest BCUT2D eigenvalue weighted by molar-refractivity contribution is -0.547. The Kier molecular flexibility index (Phi) is 1.77. The van der Waals surface area contributed by atoms with Crippen molar-refractivity contribution in [2.45, 2.75) is 19.9 Å². The zero-order chi connectivity index (χ0) is 12.3. The number of rotatable bonds is 0. The van der Waals surface area contributed by atoms with Crippen LogP contribution in [-0.2, 0) is 0 Å². The molecule has 0 aliphatic carbocycles. The lowest BCUT2D eigenvalue weighted by atomic mass is 9.99. The summed E-state index contributed by atoms with van der Waals surface area (Å²) in [6.45, 7) is 4.38. The van der Waals surface area contributed by atoms with E-state index >= 15 is 0 Å². The van der Waals surface area contributed by atoms with Crippen LogP contribution in [0.25, 0.3) is 23.2 Å². The summed E-state index contributed by atoms with van der Waals surface area (Å²) in [6, 6.07) is 9.24. The first-order chi connectivity index (χ1) is 8.75. The van der Waals surface area contributed by atoms with Crippen LogP contribution < -0.4 is 9.47 Å². The van der Waals surface area contributed by atoms with Crippen LogP contribution in [0.3, 0.4) is 0 Å². The van der Waals surface area contributed by atoms with Gasteiger partial charge in [-0.25, -0.2) is 0 Å². The van der Waals surface area contributed by atoms with E-state index in [-0.39, 0.29) is 0 Å². The Morgan fingerprint density at radius 1 is 1.17 bits per heavy atom. The van der Waals surface area contributed by atoms with Gasteiger partial charge in [0.15, 0.2) is 11.9 Å². The third kappa shape index (κ3) is 1.10. The first-order valence-corrected chi connectivity index (χ1v) is 6.38. The molecular weight excluding hydrogens is 220 g/mol. The number of pyridine rings is 1. The van der Waals surface area contributed by atoms with E-state index in [1.54, 1.807) is 0 Å². The molecule has 2 aliphatic heterocycles. The molecule has 2 nitrogen and oxygen atoms in total. The minimum absolute atomic E-state index is 0.425. The van der Waals surface area contributed by atoms with Gasteiger partial charge in [0.1, 0.15) is 5.69 Å². The number of hydrogen-bond donors (Lipinski definition) is 0. The molecule has 0 radical (unpaired) electrons. The number of hydrogen-bond acceptors (Lipinski definition) is 1. The maximum absolute atomic E-state index is 2.36. The number of aryl methyl sites for hydroxylation is 1. The second-order valence-corrected chi connectivity index (χ2v) is 5.09. The highest BCUT2D eigenvalue weighted by Gasteiger charge is 2.29. The zero-order valence-electron chi connectivity index (χ0n) is 10.6. The Labute approximate surface area is 106 Å². The Bertz CT molecular complexity index is 725. The lowest BCUT2D eigenvalue weighted by Crippen LogP contribution is -2.40. The molecule has 4 rings (SSSR count). The molecule has 2 heteroatoms. The van der Waals surface area contributed by atoms with E-state index in [2.05, 4.69) is 72.1 Å². The molecule has 0 fully saturated rings. The largest absolute Gasteiger partial charge is 0.330 e.